The molecular weight excluding hydrogens is 142 g/mol. The molecule has 0 spiro atoms. The molecule has 1 saturated heterocycles. The van der Waals surface area contributed by atoms with E-state index in [1.54, 1.807) is 0 Å². The zero-order chi connectivity index (χ0) is 7.84. The van der Waals surface area contributed by atoms with Gasteiger partial charge in [-0.05, 0) is 37.8 Å². The number of carbonyl (C=O) groups is 1. The number of aliphatic carboxylic acids is 1. The van der Waals surface area contributed by atoms with Crippen LogP contribution in [0.5, 0.6) is 0 Å². The molecule has 3 heteroatoms. The summed E-state index contributed by atoms with van der Waals surface area (Å²) < 4.78 is 0. The Morgan fingerprint density at radius 1 is 1.36 bits per heavy atom. The van der Waals surface area contributed by atoms with Crippen LogP contribution in [-0.2, 0) is 4.79 Å². The van der Waals surface area contributed by atoms with E-state index in [2.05, 4.69) is 5.32 Å². The average molecular weight is 155 g/mol. The lowest BCUT2D eigenvalue weighted by molar-refractivity contribution is -0.142. The van der Waals surface area contributed by atoms with E-state index in [0.29, 0.717) is 11.8 Å². The Morgan fingerprint density at radius 2 is 2.18 bits per heavy atom. The van der Waals surface area contributed by atoms with E-state index in [9.17, 15) is 4.79 Å². The predicted octanol–water partition coefficient (Wildman–Crippen LogP) is 0.317. The molecule has 2 fully saturated rings. The van der Waals surface area contributed by atoms with Crippen LogP contribution < -0.4 is 5.32 Å². The van der Waals surface area contributed by atoms with Crippen LogP contribution in [-0.4, -0.2) is 24.2 Å². The molecule has 0 aromatic carbocycles. The van der Waals surface area contributed by atoms with Crippen molar-refractivity contribution in [3.63, 3.8) is 0 Å². The maximum atomic E-state index is 10.7. The fourth-order valence-electron chi connectivity index (χ4n) is 2.45. The summed E-state index contributed by atoms with van der Waals surface area (Å²) in [6.07, 6.45) is 2.00. The van der Waals surface area contributed by atoms with Crippen LogP contribution in [0.25, 0.3) is 0 Å². The third-order valence-corrected chi connectivity index (χ3v) is 3.07. The number of carboxylic acids is 1. The van der Waals surface area contributed by atoms with Gasteiger partial charge in [0.25, 0.3) is 0 Å². The van der Waals surface area contributed by atoms with Gasteiger partial charge in [0.1, 0.15) is 0 Å². The highest BCUT2D eigenvalue weighted by atomic mass is 16.4. The van der Waals surface area contributed by atoms with Gasteiger partial charge in [0.05, 0.1) is 5.92 Å². The van der Waals surface area contributed by atoms with Crippen molar-refractivity contribution in [3.8, 4) is 0 Å². The molecule has 0 aromatic heterocycles. The van der Waals surface area contributed by atoms with Gasteiger partial charge in [-0.3, -0.25) is 4.79 Å². The number of hydrogen-bond donors (Lipinski definition) is 2. The first kappa shape index (κ1) is 7.10. The first-order valence-electron chi connectivity index (χ1n) is 4.22. The summed E-state index contributed by atoms with van der Waals surface area (Å²) in [6.45, 7) is 1.95. The van der Waals surface area contributed by atoms with Crippen LogP contribution in [0.2, 0.25) is 0 Å². The number of hydrogen-bond acceptors (Lipinski definition) is 2. The summed E-state index contributed by atoms with van der Waals surface area (Å²) in [5, 5.41) is 12.1. The summed E-state index contributed by atoms with van der Waals surface area (Å²) in [7, 11) is 0. The monoisotopic (exact) mass is 155 g/mol. The highest BCUT2D eigenvalue weighted by Crippen LogP contribution is 2.39. The van der Waals surface area contributed by atoms with E-state index < -0.39 is 5.97 Å². The van der Waals surface area contributed by atoms with Crippen LogP contribution in [0.3, 0.4) is 0 Å². The first-order valence-corrected chi connectivity index (χ1v) is 4.22. The van der Waals surface area contributed by atoms with Crippen molar-refractivity contribution in [1.29, 1.82) is 0 Å². The molecule has 0 aromatic rings. The Kier molecular flexibility index (Phi) is 1.60. The van der Waals surface area contributed by atoms with E-state index in [4.69, 9.17) is 5.11 Å². The zero-order valence-electron chi connectivity index (χ0n) is 6.42. The van der Waals surface area contributed by atoms with Crippen LogP contribution in [0, 0.1) is 17.8 Å². The molecule has 0 amide bonds. The van der Waals surface area contributed by atoms with E-state index in [0.717, 1.165) is 25.9 Å². The Morgan fingerprint density at radius 3 is 2.91 bits per heavy atom. The number of fused-ring (bicyclic) bond motifs is 1. The highest BCUT2D eigenvalue weighted by Gasteiger charge is 2.42. The summed E-state index contributed by atoms with van der Waals surface area (Å²) in [6, 6.07) is 0. The smallest absolute Gasteiger partial charge is 0.306 e. The topological polar surface area (TPSA) is 49.3 Å². The fourth-order valence-corrected chi connectivity index (χ4v) is 2.45. The number of rotatable bonds is 1. The minimum absolute atomic E-state index is 0.0602. The van der Waals surface area contributed by atoms with Gasteiger partial charge in [-0.2, -0.15) is 0 Å². The van der Waals surface area contributed by atoms with Crippen molar-refractivity contribution >= 4 is 5.97 Å². The second-order valence-corrected chi connectivity index (χ2v) is 3.60. The maximum absolute atomic E-state index is 10.7. The van der Waals surface area contributed by atoms with E-state index in [-0.39, 0.29) is 5.92 Å². The summed E-state index contributed by atoms with van der Waals surface area (Å²) in [5.74, 6) is 0.416. The SMILES string of the molecule is O=C(O)C1CCC2CNCC21. The summed E-state index contributed by atoms with van der Waals surface area (Å²) >= 11 is 0. The van der Waals surface area contributed by atoms with Gasteiger partial charge in [-0.15, -0.1) is 0 Å². The van der Waals surface area contributed by atoms with Crippen molar-refractivity contribution in [2.24, 2.45) is 17.8 Å². The molecule has 11 heavy (non-hydrogen) atoms. The lowest BCUT2D eigenvalue weighted by Crippen LogP contribution is -2.22. The Labute approximate surface area is 65.8 Å². The van der Waals surface area contributed by atoms with Gasteiger partial charge in [0, 0.05) is 0 Å². The number of carboxylic acid groups (broad SMARTS) is 1. The largest absolute Gasteiger partial charge is 0.481 e. The standard InChI is InChI=1S/C8H13NO2/c10-8(11)6-2-1-5-3-9-4-7(5)6/h5-7,9H,1-4H2,(H,10,11). The molecule has 2 aliphatic rings. The van der Waals surface area contributed by atoms with Gasteiger partial charge in [-0.25, -0.2) is 0 Å². The van der Waals surface area contributed by atoms with Crippen molar-refractivity contribution in [1.82, 2.24) is 5.32 Å². The van der Waals surface area contributed by atoms with Crippen molar-refractivity contribution < 1.29 is 9.90 Å². The Hall–Kier alpha value is -0.570. The summed E-state index contributed by atoms with van der Waals surface area (Å²) in [5.41, 5.74) is 0. The minimum atomic E-state index is -0.596. The van der Waals surface area contributed by atoms with Crippen LogP contribution in [0.1, 0.15) is 12.8 Å². The Balaban J connectivity index is 2.08. The Bertz CT molecular complexity index is 181. The van der Waals surface area contributed by atoms with Gasteiger partial charge < -0.3 is 10.4 Å². The lowest BCUT2D eigenvalue weighted by Gasteiger charge is -2.11. The van der Waals surface area contributed by atoms with Gasteiger partial charge >= 0.3 is 5.97 Å². The summed E-state index contributed by atoms with van der Waals surface area (Å²) in [4.78, 5) is 10.7. The molecule has 1 saturated carbocycles. The molecule has 2 N–H and O–H groups in total. The number of nitrogens with one attached hydrogen (secondary N) is 1. The third kappa shape index (κ3) is 1.03. The molecule has 1 aliphatic heterocycles. The second-order valence-electron chi connectivity index (χ2n) is 3.60. The molecule has 1 aliphatic carbocycles. The zero-order valence-corrected chi connectivity index (χ0v) is 6.42. The molecular formula is C8H13NO2. The van der Waals surface area contributed by atoms with Crippen LogP contribution >= 0.6 is 0 Å². The first-order chi connectivity index (χ1) is 5.29. The molecule has 3 nitrogen and oxygen atoms in total. The third-order valence-electron chi connectivity index (χ3n) is 3.07. The molecule has 62 valence electrons. The predicted molar refractivity (Wildman–Crippen MR) is 40.2 cm³/mol. The van der Waals surface area contributed by atoms with E-state index in [1.165, 1.54) is 0 Å². The van der Waals surface area contributed by atoms with Gasteiger partial charge in [-0.1, -0.05) is 0 Å². The van der Waals surface area contributed by atoms with E-state index in [1.807, 2.05) is 0 Å². The molecule has 3 atom stereocenters. The lowest BCUT2D eigenvalue weighted by atomic mass is 9.93. The molecule has 1 heterocycles. The van der Waals surface area contributed by atoms with Crippen molar-refractivity contribution in [3.05, 3.63) is 0 Å². The quantitative estimate of drug-likeness (QED) is 0.573. The van der Waals surface area contributed by atoms with Crippen LogP contribution in [0.4, 0.5) is 0 Å². The fraction of sp³-hybridized carbons (Fsp3) is 0.875. The minimum Gasteiger partial charge on any atom is -0.481 e. The highest BCUT2D eigenvalue weighted by molar-refractivity contribution is 5.71. The molecule has 2 rings (SSSR count). The molecule has 0 bridgehead atoms. The van der Waals surface area contributed by atoms with Crippen molar-refractivity contribution in [2.75, 3.05) is 13.1 Å². The molecule has 3 unspecified atom stereocenters. The average Bonchev–Trinajstić information content (AvgIpc) is 2.41. The molecule has 0 radical (unpaired) electrons. The van der Waals surface area contributed by atoms with E-state index >= 15 is 0 Å². The van der Waals surface area contributed by atoms with Gasteiger partial charge in [0.2, 0.25) is 0 Å². The van der Waals surface area contributed by atoms with Crippen molar-refractivity contribution in [2.45, 2.75) is 12.8 Å². The van der Waals surface area contributed by atoms with Gasteiger partial charge in [0.15, 0.2) is 0 Å². The second kappa shape index (κ2) is 2.48. The normalized spacial score (nSPS) is 42.4. The maximum Gasteiger partial charge on any atom is 0.306 e. The van der Waals surface area contributed by atoms with Crippen LogP contribution in [0.15, 0.2) is 0 Å².